The van der Waals surface area contributed by atoms with Crippen LogP contribution in [0.1, 0.15) is 28.8 Å². The van der Waals surface area contributed by atoms with Crippen molar-refractivity contribution in [3.8, 4) is 11.8 Å². The predicted molar refractivity (Wildman–Crippen MR) is 73.6 cm³/mol. The maximum atomic E-state index is 13.2. The lowest BCUT2D eigenvalue weighted by Crippen LogP contribution is -2.32. The zero-order chi connectivity index (χ0) is 14.4. The van der Waals surface area contributed by atoms with Crippen molar-refractivity contribution >= 4 is 5.91 Å². The number of carbonyl (C=O) groups is 1. The summed E-state index contributed by atoms with van der Waals surface area (Å²) in [5, 5.41) is 2.79. The zero-order valence-electron chi connectivity index (χ0n) is 11.1. The number of rotatable bonds is 3. The second-order valence-corrected chi connectivity index (χ2v) is 4.54. The summed E-state index contributed by atoms with van der Waals surface area (Å²) >= 11 is 0. The number of nitrogens with two attached hydrogens (primary N) is 1. The van der Waals surface area contributed by atoms with Gasteiger partial charge >= 0.3 is 0 Å². The largest absolute Gasteiger partial charge is 0.376 e. The van der Waals surface area contributed by atoms with E-state index in [1.807, 2.05) is 0 Å². The highest BCUT2D eigenvalue weighted by Crippen LogP contribution is 2.13. The number of halogens is 1. The molecule has 3 N–H and O–H groups in total. The molecule has 4 nitrogen and oxygen atoms in total. The molecule has 0 saturated carbocycles. The van der Waals surface area contributed by atoms with E-state index in [4.69, 9.17) is 10.5 Å². The topological polar surface area (TPSA) is 64.4 Å². The first-order chi connectivity index (χ1) is 9.70. The van der Waals surface area contributed by atoms with Gasteiger partial charge in [-0.25, -0.2) is 4.39 Å². The Morgan fingerprint density at radius 1 is 1.55 bits per heavy atom. The fourth-order valence-electron chi connectivity index (χ4n) is 2.07. The number of benzene rings is 1. The molecule has 0 aromatic heterocycles. The molecule has 1 fully saturated rings. The van der Waals surface area contributed by atoms with E-state index in [-0.39, 0.29) is 18.6 Å². The maximum absolute atomic E-state index is 13.2. The molecule has 2 rings (SSSR count). The molecule has 106 valence electrons. The summed E-state index contributed by atoms with van der Waals surface area (Å²) in [5.41, 5.74) is 6.00. The van der Waals surface area contributed by atoms with Crippen LogP contribution >= 0.6 is 0 Å². The molecule has 1 unspecified atom stereocenters. The first-order valence-corrected chi connectivity index (χ1v) is 6.59. The number of nitrogens with one attached hydrogen (secondary N) is 1. The average Bonchev–Trinajstić information content (AvgIpc) is 2.96. The van der Waals surface area contributed by atoms with Crippen molar-refractivity contribution in [1.82, 2.24) is 5.32 Å². The number of ether oxygens (including phenoxy) is 1. The van der Waals surface area contributed by atoms with Crippen molar-refractivity contribution < 1.29 is 13.9 Å². The zero-order valence-corrected chi connectivity index (χ0v) is 11.1. The van der Waals surface area contributed by atoms with Crippen molar-refractivity contribution in [3.05, 3.63) is 35.1 Å². The second-order valence-electron chi connectivity index (χ2n) is 4.54. The number of carbonyl (C=O) groups excluding carboxylic acids is 1. The van der Waals surface area contributed by atoms with E-state index in [0.717, 1.165) is 19.4 Å². The van der Waals surface area contributed by atoms with Gasteiger partial charge in [-0.05, 0) is 31.0 Å². The van der Waals surface area contributed by atoms with Crippen molar-refractivity contribution in [3.63, 3.8) is 0 Å². The standard InChI is InChI=1S/C15H17FN2O2/c16-12-5-6-14(11(9-12)3-1-7-17)15(19)18-10-13-4-2-8-20-13/h5-6,9,13H,2,4,7-8,10,17H2,(H,18,19). The van der Waals surface area contributed by atoms with Gasteiger partial charge < -0.3 is 15.8 Å². The summed E-state index contributed by atoms with van der Waals surface area (Å²) in [4.78, 5) is 12.1. The van der Waals surface area contributed by atoms with Crippen LogP contribution < -0.4 is 11.1 Å². The fourth-order valence-corrected chi connectivity index (χ4v) is 2.07. The lowest BCUT2D eigenvalue weighted by Gasteiger charge is -2.11. The van der Waals surface area contributed by atoms with Gasteiger partial charge in [0.15, 0.2) is 0 Å². The summed E-state index contributed by atoms with van der Waals surface area (Å²) < 4.78 is 18.7. The third kappa shape index (κ3) is 3.80. The third-order valence-electron chi connectivity index (χ3n) is 3.07. The fraction of sp³-hybridized carbons (Fsp3) is 0.400. The third-order valence-corrected chi connectivity index (χ3v) is 3.07. The minimum Gasteiger partial charge on any atom is -0.376 e. The summed E-state index contributed by atoms with van der Waals surface area (Å²) in [6.45, 7) is 1.36. The van der Waals surface area contributed by atoms with E-state index in [1.165, 1.54) is 18.2 Å². The van der Waals surface area contributed by atoms with Gasteiger partial charge in [-0.2, -0.15) is 0 Å². The summed E-state index contributed by atoms with van der Waals surface area (Å²) in [5.74, 6) is 4.64. The van der Waals surface area contributed by atoms with Gasteiger partial charge in [0, 0.05) is 18.7 Å². The molecule has 1 aromatic carbocycles. The molecule has 1 atom stereocenters. The van der Waals surface area contributed by atoms with Crippen molar-refractivity contribution in [2.75, 3.05) is 19.7 Å². The summed E-state index contributed by atoms with van der Waals surface area (Å²) in [6, 6.07) is 3.92. The Labute approximate surface area is 117 Å². The Hall–Kier alpha value is -1.90. The number of amides is 1. The van der Waals surface area contributed by atoms with Crippen LogP contribution in [-0.4, -0.2) is 31.7 Å². The Morgan fingerprint density at radius 3 is 3.10 bits per heavy atom. The van der Waals surface area contributed by atoms with Gasteiger partial charge in [0.1, 0.15) is 5.82 Å². The molecule has 0 radical (unpaired) electrons. The molecule has 1 heterocycles. The number of hydrogen-bond donors (Lipinski definition) is 2. The number of hydrogen-bond acceptors (Lipinski definition) is 3. The van der Waals surface area contributed by atoms with Crippen molar-refractivity contribution in [2.24, 2.45) is 5.73 Å². The lowest BCUT2D eigenvalue weighted by atomic mass is 10.1. The molecule has 1 amide bonds. The Bertz CT molecular complexity index is 543. The van der Waals surface area contributed by atoms with Crippen LogP contribution in [0, 0.1) is 17.7 Å². The Balaban J connectivity index is 2.07. The molecule has 1 aliphatic heterocycles. The van der Waals surface area contributed by atoms with Crippen LogP contribution in [0.2, 0.25) is 0 Å². The van der Waals surface area contributed by atoms with Crippen LogP contribution in [-0.2, 0) is 4.74 Å². The van der Waals surface area contributed by atoms with Crippen LogP contribution in [0.4, 0.5) is 4.39 Å². The van der Waals surface area contributed by atoms with E-state index >= 15 is 0 Å². The van der Waals surface area contributed by atoms with E-state index in [2.05, 4.69) is 17.2 Å². The molecular formula is C15H17FN2O2. The quantitative estimate of drug-likeness (QED) is 0.811. The Kier molecular flexibility index (Phi) is 5.10. The monoisotopic (exact) mass is 276 g/mol. The van der Waals surface area contributed by atoms with E-state index in [1.54, 1.807) is 0 Å². The average molecular weight is 276 g/mol. The van der Waals surface area contributed by atoms with Gasteiger partial charge in [0.2, 0.25) is 0 Å². The molecule has 1 saturated heterocycles. The SMILES string of the molecule is NCC#Cc1cc(F)ccc1C(=O)NCC1CCCO1. The summed E-state index contributed by atoms with van der Waals surface area (Å²) in [6.07, 6.45) is 2.03. The highest BCUT2D eigenvalue weighted by molar-refractivity contribution is 5.96. The van der Waals surface area contributed by atoms with E-state index in [0.29, 0.717) is 17.7 Å². The van der Waals surface area contributed by atoms with Gasteiger partial charge in [-0.3, -0.25) is 4.79 Å². The van der Waals surface area contributed by atoms with E-state index in [9.17, 15) is 9.18 Å². The van der Waals surface area contributed by atoms with Crippen LogP contribution in [0.5, 0.6) is 0 Å². The molecule has 20 heavy (non-hydrogen) atoms. The first kappa shape index (κ1) is 14.5. The van der Waals surface area contributed by atoms with E-state index < -0.39 is 5.82 Å². The lowest BCUT2D eigenvalue weighted by molar-refractivity contribution is 0.0857. The van der Waals surface area contributed by atoms with Crippen molar-refractivity contribution in [2.45, 2.75) is 18.9 Å². The summed E-state index contributed by atoms with van der Waals surface area (Å²) in [7, 11) is 0. The minimum atomic E-state index is -0.429. The van der Waals surface area contributed by atoms with Gasteiger partial charge in [0.25, 0.3) is 5.91 Å². The molecule has 5 heteroatoms. The first-order valence-electron chi connectivity index (χ1n) is 6.59. The van der Waals surface area contributed by atoms with Crippen molar-refractivity contribution in [1.29, 1.82) is 0 Å². The van der Waals surface area contributed by atoms with Gasteiger partial charge in [-0.1, -0.05) is 11.8 Å². The smallest absolute Gasteiger partial charge is 0.252 e. The molecule has 0 spiro atoms. The molecule has 1 aromatic rings. The minimum absolute atomic E-state index is 0.0676. The second kappa shape index (κ2) is 7.04. The van der Waals surface area contributed by atoms with Crippen LogP contribution in [0.15, 0.2) is 18.2 Å². The van der Waals surface area contributed by atoms with Crippen LogP contribution in [0.25, 0.3) is 0 Å². The predicted octanol–water partition coefficient (Wildman–Crippen LogP) is 1.04. The molecular weight excluding hydrogens is 259 g/mol. The molecule has 1 aliphatic rings. The maximum Gasteiger partial charge on any atom is 0.252 e. The highest BCUT2D eigenvalue weighted by atomic mass is 19.1. The van der Waals surface area contributed by atoms with Gasteiger partial charge in [-0.15, -0.1) is 0 Å². The molecule has 0 aliphatic carbocycles. The Morgan fingerprint density at radius 2 is 2.40 bits per heavy atom. The highest BCUT2D eigenvalue weighted by Gasteiger charge is 2.17. The normalized spacial score (nSPS) is 17.4. The molecule has 0 bridgehead atoms. The van der Waals surface area contributed by atoms with Crippen LogP contribution in [0.3, 0.4) is 0 Å². The van der Waals surface area contributed by atoms with Gasteiger partial charge in [0.05, 0.1) is 18.2 Å².